The molecule has 0 unspecified atom stereocenters. The zero-order valence-corrected chi connectivity index (χ0v) is 5.92. The van der Waals surface area contributed by atoms with Gasteiger partial charge in [0.1, 0.15) is 6.26 Å². The van der Waals surface area contributed by atoms with Crippen molar-refractivity contribution in [2.24, 2.45) is 0 Å². The van der Waals surface area contributed by atoms with Gasteiger partial charge in [0.15, 0.2) is 0 Å². The minimum Gasteiger partial charge on any atom is -0.385 e. The lowest BCUT2D eigenvalue weighted by molar-refractivity contribution is -0.158. The Morgan fingerprint density at radius 3 is 2.56 bits per heavy atom. The maximum atomic E-state index is 10.4. The van der Waals surface area contributed by atoms with Crippen molar-refractivity contribution in [1.29, 1.82) is 0 Å². The fourth-order valence-corrected chi connectivity index (χ4v) is 0.226. The van der Waals surface area contributed by atoms with Gasteiger partial charge in [0.2, 0.25) is 0 Å². The molecule has 52 valence electrons. The third-order valence-corrected chi connectivity index (χ3v) is 0.799. The van der Waals surface area contributed by atoms with E-state index in [2.05, 4.69) is 0 Å². The monoisotopic (exact) mass is 129 g/mol. The molecule has 0 saturated carbocycles. The van der Waals surface area contributed by atoms with E-state index >= 15 is 0 Å². The lowest BCUT2D eigenvalue weighted by Crippen LogP contribution is -2.21. The maximum Gasteiger partial charge on any atom is 0.251 e. The van der Waals surface area contributed by atoms with Gasteiger partial charge in [-0.3, -0.25) is 4.79 Å². The number of carbonyl (C=O) groups excluding carboxylic acids is 1. The van der Waals surface area contributed by atoms with Crippen molar-refractivity contribution in [1.82, 2.24) is 5.06 Å². The molecule has 0 heterocycles. The predicted octanol–water partition coefficient (Wildman–Crippen LogP) is 0.930. The van der Waals surface area contributed by atoms with Crippen LogP contribution in [0.15, 0.2) is 12.3 Å². The number of amides is 1. The van der Waals surface area contributed by atoms with Crippen molar-refractivity contribution in [3.8, 4) is 0 Å². The highest BCUT2D eigenvalue weighted by Gasteiger charge is 1.97. The van der Waals surface area contributed by atoms with E-state index in [1.807, 2.05) is 6.92 Å². The van der Waals surface area contributed by atoms with Gasteiger partial charge < -0.3 is 4.84 Å². The van der Waals surface area contributed by atoms with Crippen LogP contribution in [0.1, 0.15) is 13.8 Å². The second-order valence-corrected chi connectivity index (χ2v) is 1.59. The number of nitrogens with zero attached hydrogens (tertiary/aromatic N) is 1. The van der Waals surface area contributed by atoms with Crippen LogP contribution in [-0.2, 0) is 9.63 Å². The van der Waals surface area contributed by atoms with Gasteiger partial charge >= 0.3 is 0 Å². The van der Waals surface area contributed by atoms with Crippen molar-refractivity contribution in [3.63, 3.8) is 0 Å². The SMILES string of the molecule is C/C=C\ON(C)C(C)=O. The van der Waals surface area contributed by atoms with Crippen molar-refractivity contribution in [2.45, 2.75) is 13.8 Å². The summed E-state index contributed by atoms with van der Waals surface area (Å²) >= 11 is 0. The highest BCUT2D eigenvalue weighted by Crippen LogP contribution is 1.85. The largest absolute Gasteiger partial charge is 0.385 e. The molecule has 0 radical (unpaired) electrons. The molecular formula is C6H11NO2. The summed E-state index contributed by atoms with van der Waals surface area (Å²) in [4.78, 5) is 15.2. The first-order valence-corrected chi connectivity index (χ1v) is 2.70. The first-order valence-electron chi connectivity index (χ1n) is 2.70. The molecule has 0 rings (SSSR count). The number of hydroxylamine groups is 2. The molecule has 0 aromatic heterocycles. The molecule has 3 nitrogen and oxygen atoms in total. The van der Waals surface area contributed by atoms with E-state index in [0.717, 1.165) is 5.06 Å². The minimum absolute atomic E-state index is 0.117. The Morgan fingerprint density at radius 1 is 1.67 bits per heavy atom. The van der Waals surface area contributed by atoms with Crippen LogP contribution >= 0.6 is 0 Å². The third kappa shape index (κ3) is 3.58. The second-order valence-electron chi connectivity index (χ2n) is 1.59. The van der Waals surface area contributed by atoms with Gasteiger partial charge in [-0.05, 0) is 13.0 Å². The van der Waals surface area contributed by atoms with E-state index in [1.165, 1.54) is 13.2 Å². The summed E-state index contributed by atoms with van der Waals surface area (Å²) in [6, 6.07) is 0. The first kappa shape index (κ1) is 8.01. The van der Waals surface area contributed by atoms with Crippen LogP contribution in [0, 0.1) is 0 Å². The Labute approximate surface area is 54.9 Å². The van der Waals surface area contributed by atoms with Gasteiger partial charge in [0.25, 0.3) is 5.91 Å². The molecular weight excluding hydrogens is 118 g/mol. The molecule has 9 heavy (non-hydrogen) atoms. The van der Waals surface area contributed by atoms with Crippen LogP contribution in [-0.4, -0.2) is 18.0 Å². The number of rotatable bonds is 2. The van der Waals surface area contributed by atoms with Crippen LogP contribution < -0.4 is 0 Å². The topological polar surface area (TPSA) is 29.5 Å². The Balaban J connectivity index is 3.50. The van der Waals surface area contributed by atoms with Crippen molar-refractivity contribution >= 4 is 5.91 Å². The number of allylic oxidation sites excluding steroid dienone is 1. The predicted molar refractivity (Wildman–Crippen MR) is 34.3 cm³/mol. The molecule has 0 aromatic carbocycles. The van der Waals surface area contributed by atoms with E-state index in [0.29, 0.717) is 0 Å². The summed E-state index contributed by atoms with van der Waals surface area (Å²) in [5, 5.41) is 1.15. The molecule has 0 aromatic rings. The summed E-state index contributed by atoms with van der Waals surface area (Å²) in [5.74, 6) is -0.117. The fraction of sp³-hybridized carbons (Fsp3) is 0.500. The van der Waals surface area contributed by atoms with Crippen LogP contribution in [0.25, 0.3) is 0 Å². The van der Waals surface area contributed by atoms with E-state index < -0.39 is 0 Å². The number of carbonyl (C=O) groups is 1. The molecule has 0 fully saturated rings. The Morgan fingerprint density at radius 2 is 2.22 bits per heavy atom. The van der Waals surface area contributed by atoms with E-state index in [9.17, 15) is 4.79 Å². The van der Waals surface area contributed by atoms with Crippen molar-refractivity contribution in [3.05, 3.63) is 12.3 Å². The normalized spacial score (nSPS) is 9.67. The molecule has 1 amide bonds. The lowest BCUT2D eigenvalue weighted by Gasteiger charge is -2.10. The fourth-order valence-electron chi connectivity index (χ4n) is 0.226. The third-order valence-electron chi connectivity index (χ3n) is 0.799. The van der Waals surface area contributed by atoms with Crippen molar-refractivity contribution < 1.29 is 9.63 Å². The van der Waals surface area contributed by atoms with Gasteiger partial charge in [-0.1, -0.05) is 0 Å². The van der Waals surface area contributed by atoms with E-state index in [4.69, 9.17) is 4.84 Å². The summed E-state index contributed by atoms with van der Waals surface area (Å²) in [7, 11) is 1.56. The van der Waals surface area contributed by atoms with Crippen LogP contribution in [0.2, 0.25) is 0 Å². The van der Waals surface area contributed by atoms with Crippen molar-refractivity contribution in [2.75, 3.05) is 7.05 Å². The molecule has 0 spiro atoms. The highest BCUT2D eigenvalue weighted by atomic mass is 16.7. The van der Waals surface area contributed by atoms with Crippen LogP contribution in [0.4, 0.5) is 0 Å². The molecule has 0 aliphatic rings. The summed E-state index contributed by atoms with van der Waals surface area (Å²) in [6.07, 6.45) is 3.15. The zero-order valence-electron chi connectivity index (χ0n) is 5.92. The highest BCUT2D eigenvalue weighted by molar-refractivity contribution is 5.71. The standard InChI is InChI=1S/C6H11NO2/c1-4-5-9-7(3)6(2)8/h4-5H,1-3H3/b5-4-. The Hall–Kier alpha value is -0.990. The Bertz CT molecular complexity index is 120. The van der Waals surface area contributed by atoms with Gasteiger partial charge in [-0.15, -0.1) is 0 Å². The average molecular weight is 129 g/mol. The summed E-state index contributed by atoms with van der Waals surface area (Å²) in [5.41, 5.74) is 0. The zero-order chi connectivity index (χ0) is 7.28. The van der Waals surface area contributed by atoms with Gasteiger partial charge in [-0.25, -0.2) is 0 Å². The van der Waals surface area contributed by atoms with Crippen LogP contribution in [0.3, 0.4) is 0 Å². The quantitative estimate of drug-likeness (QED) is 0.410. The smallest absolute Gasteiger partial charge is 0.251 e. The number of hydrogen-bond acceptors (Lipinski definition) is 2. The van der Waals surface area contributed by atoms with E-state index in [-0.39, 0.29) is 5.91 Å². The summed E-state index contributed by atoms with van der Waals surface area (Å²) < 4.78 is 0. The minimum atomic E-state index is -0.117. The van der Waals surface area contributed by atoms with Gasteiger partial charge in [0.05, 0.1) is 0 Å². The molecule has 0 aliphatic heterocycles. The molecule has 0 N–H and O–H groups in total. The van der Waals surface area contributed by atoms with Gasteiger partial charge in [0, 0.05) is 14.0 Å². The molecule has 3 heteroatoms. The summed E-state index contributed by atoms with van der Waals surface area (Å²) in [6.45, 7) is 3.25. The molecule has 0 atom stereocenters. The maximum absolute atomic E-state index is 10.4. The second kappa shape index (κ2) is 3.95. The lowest BCUT2D eigenvalue weighted by atomic mass is 10.7. The van der Waals surface area contributed by atoms with Gasteiger partial charge in [-0.2, -0.15) is 5.06 Å². The molecule has 0 saturated heterocycles. The van der Waals surface area contributed by atoms with E-state index in [1.54, 1.807) is 13.1 Å². The Kier molecular flexibility index (Phi) is 3.51. The molecule has 0 aliphatic carbocycles. The first-order chi connectivity index (χ1) is 4.18. The average Bonchev–Trinajstić information content (AvgIpc) is 1.82. The van der Waals surface area contributed by atoms with Crippen LogP contribution in [0.5, 0.6) is 0 Å². The molecule has 0 bridgehead atoms. The number of hydrogen-bond donors (Lipinski definition) is 0.